The van der Waals surface area contributed by atoms with Crippen molar-refractivity contribution in [1.82, 2.24) is 5.32 Å². The molecular weight excluding hydrogens is 250 g/mol. The van der Waals surface area contributed by atoms with Crippen molar-refractivity contribution >= 4 is 0 Å². The highest BCUT2D eigenvalue weighted by Crippen LogP contribution is 2.21. The fourth-order valence-electron chi connectivity index (χ4n) is 2.27. The molecule has 0 amide bonds. The van der Waals surface area contributed by atoms with Crippen LogP contribution in [0.15, 0.2) is 30.3 Å². The number of nitrogens with one attached hydrogen (secondary N) is 1. The van der Waals surface area contributed by atoms with E-state index in [0.717, 1.165) is 6.42 Å². The predicted molar refractivity (Wildman–Crippen MR) is 83.7 cm³/mol. The van der Waals surface area contributed by atoms with Crippen molar-refractivity contribution in [1.29, 1.82) is 0 Å². The van der Waals surface area contributed by atoms with Crippen LogP contribution in [0.4, 0.5) is 0 Å². The summed E-state index contributed by atoms with van der Waals surface area (Å²) in [7, 11) is 0. The Labute approximate surface area is 123 Å². The van der Waals surface area contributed by atoms with Gasteiger partial charge >= 0.3 is 0 Å². The molecule has 3 heteroatoms. The van der Waals surface area contributed by atoms with Gasteiger partial charge in [-0.1, -0.05) is 44.2 Å². The molecule has 1 aromatic carbocycles. The van der Waals surface area contributed by atoms with Gasteiger partial charge in [0.05, 0.1) is 0 Å². The minimum absolute atomic E-state index is 0.164. The summed E-state index contributed by atoms with van der Waals surface area (Å²) in [5.74, 6) is 0.644. The lowest BCUT2D eigenvalue weighted by Gasteiger charge is -2.24. The minimum Gasteiger partial charge on any atom is -0.352 e. The Kier molecular flexibility index (Phi) is 8.51. The highest BCUT2D eigenvalue weighted by molar-refractivity contribution is 5.18. The minimum atomic E-state index is -0.164. The highest BCUT2D eigenvalue weighted by atomic mass is 16.7. The van der Waals surface area contributed by atoms with Crippen LogP contribution in [0.5, 0.6) is 0 Å². The lowest BCUT2D eigenvalue weighted by molar-refractivity contribution is -0.134. The van der Waals surface area contributed by atoms with E-state index in [9.17, 15) is 0 Å². The first-order valence-corrected chi connectivity index (χ1v) is 7.68. The maximum absolute atomic E-state index is 5.59. The predicted octanol–water partition coefficient (Wildman–Crippen LogP) is 3.76. The van der Waals surface area contributed by atoms with Crippen LogP contribution in [-0.2, 0) is 9.47 Å². The van der Waals surface area contributed by atoms with Gasteiger partial charge in [0.2, 0.25) is 0 Å². The maximum atomic E-state index is 5.59. The largest absolute Gasteiger partial charge is 0.352 e. The van der Waals surface area contributed by atoms with Gasteiger partial charge in [-0.2, -0.15) is 0 Å². The van der Waals surface area contributed by atoms with Gasteiger partial charge in [-0.15, -0.1) is 0 Å². The highest BCUT2D eigenvalue weighted by Gasteiger charge is 2.15. The molecule has 3 nitrogen and oxygen atoms in total. The van der Waals surface area contributed by atoms with Crippen LogP contribution < -0.4 is 5.32 Å². The molecule has 1 rings (SSSR count). The van der Waals surface area contributed by atoms with E-state index in [1.54, 1.807) is 0 Å². The van der Waals surface area contributed by atoms with E-state index in [1.165, 1.54) is 5.56 Å². The average molecular weight is 279 g/mol. The summed E-state index contributed by atoms with van der Waals surface area (Å²) in [5.41, 5.74) is 1.33. The number of hydrogen-bond acceptors (Lipinski definition) is 3. The molecule has 0 radical (unpaired) electrons. The van der Waals surface area contributed by atoms with Gasteiger partial charge < -0.3 is 14.8 Å². The fraction of sp³-hybridized carbons (Fsp3) is 0.647. The molecule has 1 atom stereocenters. The van der Waals surface area contributed by atoms with E-state index in [0.29, 0.717) is 31.7 Å². The third-order valence-corrected chi connectivity index (χ3v) is 3.15. The monoisotopic (exact) mass is 279 g/mol. The number of ether oxygens (including phenoxy) is 2. The van der Waals surface area contributed by atoms with Crippen molar-refractivity contribution in [3.05, 3.63) is 35.9 Å². The summed E-state index contributed by atoms with van der Waals surface area (Å²) >= 11 is 0. The molecule has 1 unspecified atom stereocenters. The number of benzene rings is 1. The quantitative estimate of drug-likeness (QED) is 0.661. The van der Waals surface area contributed by atoms with E-state index >= 15 is 0 Å². The number of rotatable bonds is 10. The van der Waals surface area contributed by atoms with Crippen molar-refractivity contribution in [3.8, 4) is 0 Å². The first kappa shape index (κ1) is 17.2. The third-order valence-electron chi connectivity index (χ3n) is 3.15. The summed E-state index contributed by atoms with van der Waals surface area (Å²) in [6.45, 7) is 10.6. The van der Waals surface area contributed by atoms with Crippen molar-refractivity contribution in [2.45, 2.75) is 46.4 Å². The average Bonchev–Trinajstić information content (AvgIpc) is 2.44. The Morgan fingerprint density at radius 1 is 1.00 bits per heavy atom. The molecular formula is C17H29NO2. The molecule has 0 aromatic heterocycles. The molecule has 20 heavy (non-hydrogen) atoms. The Hall–Kier alpha value is -0.900. The van der Waals surface area contributed by atoms with Crippen LogP contribution in [-0.4, -0.2) is 26.0 Å². The molecule has 114 valence electrons. The summed E-state index contributed by atoms with van der Waals surface area (Å²) < 4.78 is 11.2. The van der Waals surface area contributed by atoms with E-state index in [2.05, 4.69) is 49.5 Å². The lowest BCUT2D eigenvalue weighted by atomic mass is 9.97. The van der Waals surface area contributed by atoms with Gasteiger partial charge in [-0.05, 0) is 31.7 Å². The van der Waals surface area contributed by atoms with Crippen molar-refractivity contribution in [3.63, 3.8) is 0 Å². The van der Waals surface area contributed by atoms with E-state index < -0.39 is 0 Å². The van der Waals surface area contributed by atoms with E-state index in [-0.39, 0.29) is 6.29 Å². The third kappa shape index (κ3) is 6.51. The number of hydrogen-bond donors (Lipinski definition) is 1. The van der Waals surface area contributed by atoms with Crippen LogP contribution in [0.25, 0.3) is 0 Å². The normalized spacial score (nSPS) is 13.1. The van der Waals surface area contributed by atoms with E-state index in [4.69, 9.17) is 9.47 Å². The van der Waals surface area contributed by atoms with Crippen LogP contribution in [0.1, 0.15) is 45.7 Å². The first-order chi connectivity index (χ1) is 9.67. The van der Waals surface area contributed by atoms with Gasteiger partial charge in [-0.3, -0.25) is 0 Å². The zero-order chi connectivity index (χ0) is 14.8. The molecule has 0 fully saturated rings. The summed E-state index contributed by atoms with van der Waals surface area (Å²) in [6.07, 6.45) is 0.943. The zero-order valence-electron chi connectivity index (χ0n) is 13.3. The Balaban J connectivity index is 2.60. The summed E-state index contributed by atoms with van der Waals surface area (Å²) in [6, 6.07) is 10.9. The second-order valence-corrected chi connectivity index (χ2v) is 5.34. The van der Waals surface area contributed by atoms with Crippen LogP contribution in [0.3, 0.4) is 0 Å². The molecule has 0 heterocycles. The summed E-state index contributed by atoms with van der Waals surface area (Å²) in [4.78, 5) is 0. The van der Waals surface area contributed by atoms with Gasteiger partial charge in [0.15, 0.2) is 6.29 Å². The molecule has 0 saturated carbocycles. The second-order valence-electron chi connectivity index (χ2n) is 5.34. The Morgan fingerprint density at radius 2 is 1.60 bits per heavy atom. The van der Waals surface area contributed by atoms with Crippen LogP contribution in [0.2, 0.25) is 0 Å². The molecule has 0 aliphatic heterocycles. The van der Waals surface area contributed by atoms with E-state index in [1.807, 2.05) is 13.8 Å². The van der Waals surface area contributed by atoms with Crippen molar-refractivity contribution in [2.75, 3.05) is 19.8 Å². The first-order valence-electron chi connectivity index (χ1n) is 7.68. The van der Waals surface area contributed by atoms with Crippen LogP contribution >= 0.6 is 0 Å². The Morgan fingerprint density at radius 3 is 2.10 bits per heavy atom. The molecule has 1 N–H and O–H groups in total. The molecule has 0 aliphatic carbocycles. The lowest BCUT2D eigenvalue weighted by Crippen LogP contribution is -2.34. The maximum Gasteiger partial charge on any atom is 0.169 e. The molecule has 0 aliphatic rings. The van der Waals surface area contributed by atoms with Crippen LogP contribution in [0, 0.1) is 5.92 Å². The van der Waals surface area contributed by atoms with Crippen molar-refractivity contribution in [2.24, 2.45) is 5.92 Å². The SMILES string of the molecule is CCOC(CNC(CC(C)C)c1ccccc1)OCC. The second kappa shape index (κ2) is 9.92. The standard InChI is InChI=1S/C17H29NO2/c1-5-19-17(20-6-2)13-18-16(12-14(3)4)15-10-8-7-9-11-15/h7-11,14,16-18H,5-6,12-13H2,1-4H3. The molecule has 0 saturated heterocycles. The topological polar surface area (TPSA) is 30.5 Å². The Bertz CT molecular complexity index is 334. The molecule has 0 spiro atoms. The smallest absolute Gasteiger partial charge is 0.169 e. The summed E-state index contributed by atoms with van der Waals surface area (Å²) in [5, 5.41) is 3.59. The van der Waals surface area contributed by atoms with Crippen molar-refractivity contribution < 1.29 is 9.47 Å². The van der Waals surface area contributed by atoms with Gasteiger partial charge in [0, 0.05) is 25.8 Å². The van der Waals surface area contributed by atoms with Gasteiger partial charge in [0.25, 0.3) is 0 Å². The van der Waals surface area contributed by atoms with Gasteiger partial charge in [0.1, 0.15) is 0 Å². The van der Waals surface area contributed by atoms with Gasteiger partial charge in [-0.25, -0.2) is 0 Å². The molecule has 1 aromatic rings. The fourth-order valence-corrected chi connectivity index (χ4v) is 2.27. The molecule has 0 bridgehead atoms. The zero-order valence-corrected chi connectivity index (χ0v) is 13.3.